The third kappa shape index (κ3) is 12.0. The average molecular weight is 268 g/mol. The molecule has 112 valence electrons. The molecule has 0 spiro atoms. The first-order valence-electron chi connectivity index (χ1n) is 7.81. The summed E-state index contributed by atoms with van der Waals surface area (Å²) in [6.45, 7) is 10.8. The lowest BCUT2D eigenvalue weighted by Gasteiger charge is -2.11. The van der Waals surface area contributed by atoms with Gasteiger partial charge in [0.2, 0.25) is 0 Å². The Morgan fingerprint density at radius 1 is 1.16 bits per heavy atom. The maximum atomic E-state index is 11.3. The molecular weight excluding hydrogens is 236 g/mol. The highest BCUT2D eigenvalue weighted by Gasteiger charge is 2.05. The third-order valence-electron chi connectivity index (χ3n) is 3.20. The van der Waals surface area contributed by atoms with Crippen LogP contribution in [0.1, 0.15) is 73.1 Å². The summed E-state index contributed by atoms with van der Waals surface area (Å²) in [7, 11) is 0. The van der Waals surface area contributed by atoms with Gasteiger partial charge in [-0.1, -0.05) is 53.0 Å². The van der Waals surface area contributed by atoms with Gasteiger partial charge in [-0.25, -0.2) is 0 Å². The molecule has 0 aromatic carbocycles. The van der Waals surface area contributed by atoms with Crippen molar-refractivity contribution < 1.29 is 9.53 Å². The highest BCUT2D eigenvalue weighted by molar-refractivity contribution is 5.69. The summed E-state index contributed by atoms with van der Waals surface area (Å²) in [4.78, 5) is 11.3. The molecule has 0 unspecified atom stereocenters. The Bertz CT molecular complexity index is 256. The van der Waals surface area contributed by atoms with E-state index in [0.717, 1.165) is 18.8 Å². The molecule has 0 aromatic heterocycles. The number of carbonyl (C=O) groups excluding carboxylic acids is 1. The van der Waals surface area contributed by atoms with Crippen molar-refractivity contribution in [2.24, 2.45) is 11.8 Å². The highest BCUT2D eigenvalue weighted by atomic mass is 16.5. The number of esters is 1. The molecule has 0 aliphatic rings. The first-order valence-corrected chi connectivity index (χ1v) is 7.81. The van der Waals surface area contributed by atoms with Gasteiger partial charge in [0.15, 0.2) is 0 Å². The van der Waals surface area contributed by atoms with Crippen LogP contribution < -0.4 is 0 Å². The molecule has 0 heterocycles. The lowest BCUT2D eigenvalue weighted by atomic mass is 9.97. The minimum absolute atomic E-state index is 0.0929. The standard InChI is InChI=1S/C17H32O2/c1-6-9-17(18)19-16(5)13-8-12-15(4)11-7-10-14(2)3/h8,13-16H,6-7,9-12H2,1-5H3/b13-8+/t15-,16+/m1/s1. The van der Waals surface area contributed by atoms with Crippen LogP contribution in [0.15, 0.2) is 12.2 Å². The molecule has 0 saturated heterocycles. The Labute approximate surface area is 119 Å². The first kappa shape index (κ1) is 18.2. The minimum Gasteiger partial charge on any atom is -0.458 e. The fourth-order valence-electron chi connectivity index (χ4n) is 2.00. The molecule has 2 heteroatoms. The van der Waals surface area contributed by atoms with E-state index in [1.807, 2.05) is 19.9 Å². The summed E-state index contributed by atoms with van der Waals surface area (Å²) in [5, 5.41) is 0. The van der Waals surface area contributed by atoms with Crippen LogP contribution in [0, 0.1) is 11.8 Å². The molecule has 0 amide bonds. The lowest BCUT2D eigenvalue weighted by molar-refractivity contribution is -0.146. The summed E-state index contributed by atoms with van der Waals surface area (Å²) in [5.41, 5.74) is 0. The molecule has 19 heavy (non-hydrogen) atoms. The zero-order valence-electron chi connectivity index (χ0n) is 13.4. The molecule has 0 N–H and O–H groups in total. The Balaban J connectivity index is 3.72. The van der Waals surface area contributed by atoms with Gasteiger partial charge in [-0.15, -0.1) is 0 Å². The monoisotopic (exact) mass is 268 g/mol. The van der Waals surface area contributed by atoms with E-state index >= 15 is 0 Å². The fraction of sp³-hybridized carbons (Fsp3) is 0.824. The first-order chi connectivity index (χ1) is 8.95. The third-order valence-corrected chi connectivity index (χ3v) is 3.20. The van der Waals surface area contributed by atoms with Crippen LogP contribution in [0.4, 0.5) is 0 Å². The summed E-state index contributed by atoms with van der Waals surface area (Å²) >= 11 is 0. The van der Waals surface area contributed by atoms with Gasteiger partial charge in [-0.2, -0.15) is 0 Å². The van der Waals surface area contributed by atoms with E-state index in [1.54, 1.807) is 0 Å². The van der Waals surface area contributed by atoms with E-state index in [2.05, 4.69) is 26.8 Å². The van der Waals surface area contributed by atoms with Gasteiger partial charge in [0.05, 0.1) is 0 Å². The van der Waals surface area contributed by atoms with Gasteiger partial charge in [-0.05, 0) is 37.7 Å². The molecule has 0 rings (SSSR count). The molecule has 0 aromatic rings. The van der Waals surface area contributed by atoms with Crippen LogP contribution in [-0.2, 0) is 9.53 Å². The smallest absolute Gasteiger partial charge is 0.306 e. The van der Waals surface area contributed by atoms with Crippen LogP contribution in [-0.4, -0.2) is 12.1 Å². The number of rotatable bonds is 10. The van der Waals surface area contributed by atoms with Crippen LogP contribution in [0.25, 0.3) is 0 Å². The number of hydrogen-bond donors (Lipinski definition) is 0. The van der Waals surface area contributed by atoms with Crippen LogP contribution in [0.3, 0.4) is 0 Å². The van der Waals surface area contributed by atoms with Crippen LogP contribution in [0.5, 0.6) is 0 Å². The van der Waals surface area contributed by atoms with Gasteiger partial charge in [0, 0.05) is 6.42 Å². The molecule has 2 atom stereocenters. The molecule has 0 aliphatic heterocycles. The van der Waals surface area contributed by atoms with E-state index in [0.29, 0.717) is 12.3 Å². The Morgan fingerprint density at radius 3 is 2.42 bits per heavy atom. The summed E-state index contributed by atoms with van der Waals surface area (Å²) < 4.78 is 5.26. The summed E-state index contributed by atoms with van der Waals surface area (Å²) in [6, 6.07) is 0. The second kappa shape index (κ2) is 11.1. The van der Waals surface area contributed by atoms with Gasteiger partial charge < -0.3 is 4.74 Å². The van der Waals surface area contributed by atoms with E-state index in [-0.39, 0.29) is 12.1 Å². The summed E-state index contributed by atoms with van der Waals surface area (Å²) in [6.07, 6.45) is 10.4. The Morgan fingerprint density at radius 2 is 1.84 bits per heavy atom. The number of hydrogen-bond acceptors (Lipinski definition) is 2. The molecule has 0 radical (unpaired) electrons. The zero-order chi connectivity index (χ0) is 14.7. The quantitative estimate of drug-likeness (QED) is 0.405. The number of allylic oxidation sites excluding steroid dienone is 1. The normalized spacial score (nSPS) is 14.8. The van der Waals surface area contributed by atoms with Gasteiger partial charge in [-0.3, -0.25) is 4.79 Å². The van der Waals surface area contributed by atoms with Crippen molar-refractivity contribution in [1.29, 1.82) is 0 Å². The molecule has 0 saturated carbocycles. The topological polar surface area (TPSA) is 26.3 Å². The maximum absolute atomic E-state index is 11.3. The van der Waals surface area contributed by atoms with Crippen LogP contribution >= 0.6 is 0 Å². The van der Waals surface area contributed by atoms with Crippen molar-refractivity contribution in [2.45, 2.75) is 79.2 Å². The maximum Gasteiger partial charge on any atom is 0.306 e. The van der Waals surface area contributed by atoms with Crippen molar-refractivity contribution in [3.05, 3.63) is 12.2 Å². The van der Waals surface area contributed by atoms with E-state index < -0.39 is 0 Å². The fourth-order valence-corrected chi connectivity index (χ4v) is 2.00. The van der Waals surface area contributed by atoms with Gasteiger partial charge in [0.25, 0.3) is 0 Å². The second-order valence-electron chi connectivity index (χ2n) is 6.04. The van der Waals surface area contributed by atoms with Crippen molar-refractivity contribution >= 4 is 5.97 Å². The van der Waals surface area contributed by atoms with E-state index in [9.17, 15) is 4.79 Å². The highest BCUT2D eigenvalue weighted by Crippen LogP contribution is 2.15. The molecule has 0 aliphatic carbocycles. The number of carbonyl (C=O) groups is 1. The van der Waals surface area contributed by atoms with E-state index in [1.165, 1.54) is 19.3 Å². The SMILES string of the molecule is CCCC(=O)O[C@@H](C)/C=C/C[C@H](C)CCCC(C)C. The second-order valence-corrected chi connectivity index (χ2v) is 6.04. The van der Waals surface area contributed by atoms with Gasteiger partial charge >= 0.3 is 5.97 Å². The van der Waals surface area contributed by atoms with Crippen molar-refractivity contribution in [2.75, 3.05) is 0 Å². The van der Waals surface area contributed by atoms with Crippen molar-refractivity contribution in [1.82, 2.24) is 0 Å². The molecular formula is C17H32O2. The average Bonchev–Trinajstić information content (AvgIpc) is 2.28. The van der Waals surface area contributed by atoms with E-state index in [4.69, 9.17) is 4.74 Å². The Kier molecular flexibility index (Phi) is 10.6. The Hall–Kier alpha value is -0.790. The molecule has 2 nitrogen and oxygen atoms in total. The molecule has 0 fully saturated rings. The molecule has 0 bridgehead atoms. The van der Waals surface area contributed by atoms with Crippen LogP contribution in [0.2, 0.25) is 0 Å². The minimum atomic E-state index is -0.0954. The zero-order valence-corrected chi connectivity index (χ0v) is 13.4. The van der Waals surface area contributed by atoms with Crippen molar-refractivity contribution in [3.63, 3.8) is 0 Å². The lowest BCUT2D eigenvalue weighted by Crippen LogP contribution is -2.12. The predicted octanol–water partition coefficient (Wildman–Crippen LogP) is 5.13. The van der Waals surface area contributed by atoms with Gasteiger partial charge in [0.1, 0.15) is 6.10 Å². The predicted molar refractivity (Wildman–Crippen MR) is 82.1 cm³/mol. The van der Waals surface area contributed by atoms with Crippen molar-refractivity contribution in [3.8, 4) is 0 Å². The largest absolute Gasteiger partial charge is 0.458 e. The summed E-state index contributed by atoms with van der Waals surface area (Å²) in [5.74, 6) is 1.43. The number of ether oxygens (including phenoxy) is 1.